The first-order valence-corrected chi connectivity index (χ1v) is 7.79. The van der Waals surface area contributed by atoms with Crippen molar-refractivity contribution in [1.82, 2.24) is 0 Å². The van der Waals surface area contributed by atoms with Gasteiger partial charge in [0.15, 0.2) is 5.78 Å². The SMILES string of the molecule is CC(=O)Nc1ccc(C(=O)C(C)N2C(=O)C(=O)c3ccccc32)cc1. The van der Waals surface area contributed by atoms with Crippen molar-refractivity contribution in [1.29, 1.82) is 0 Å². The summed E-state index contributed by atoms with van der Waals surface area (Å²) < 4.78 is 0. The van der Waals surface area contributed by atoms with E-state index in [0.29, 0.717) is 22.5 Å². The number of hydrogen-bond acceptors (Lipinski definition) is 4. The molecule has 1 aliphatic rings. The topological polar surface area (TPSA) is 83.6 Å². The van der Waals surface area contributed by atoms with Gasteiger partial charge in [0.2, 0.25) is 5.91 Å². The fraction of sp³-hybridized carbons (Fsp3) is 0.158. The lowest BCUT2D eigenvalue weighted by atomic mass is 10.0. The lowest BCUT2D eigenvalue weighted by molar-refractivity contribution is -0.115. The van der Waals surface area contributed by atoms with Gasteiger partial charge in [0.25, 0.3) is 11.7 Å². The summed E-state index contributed by atoms with van der Waals surface area (Å²) in [7, 11) is 0. The van der Waals surface area contributed by atoms with Gasteiger partial charge in [-0.2, -0.15) is 0 Å². The van der Waals surface area contributed by atoms with E-state index in [2.05, 4.69) is 5.32 Å². The Morgan fingerprint density at radius 3 is 2.28 bits per heavy atom. The van der Waals surface area contributed by atoms with Crippen molar-refractivity contribution in [2.24, 2.45) is 0 Å². The number of anilines is 2. The van der Waals surface area contributed by atoms with Crippen LogP contribution in [0.25, 0.3) is 0 Å². The van der Waals surface area contributed by atoms with Gasteiger partial charge < -0.3 is 5.32 Å². The van der Waals surface area contributed by atoms with Crippen LogP contribution in [-0.2, 0) is 9.59 Å². The summed E-state index contributed by atoms with van der Waals surface area (Å²) >= 11 is 0. The lowest BCUT2D eigenvalue weighted by Gasteiger charge is -2.23. The molecule has 3 rings (SSSR count). The average Bonchev–Trinajstić information content (AvgIpc) is 2.85. The zero-order valence-corrected chi connectivity index (χ0v) is 13.8. The van der Waals surface area contributed by atoms with Crippen LogP contribution in [0.15, 0.2) is 48.5 Å². The molecule has 25 heavy (non-hydrogen) atoms. The predicted molar refractivity (Wildman–Crippen MR) is 92.8 cm³/mol. The van der Waals surface area contributed by atoms with Gasteiger partial charge in [-0.15, -0.1) is 0 Å². The largest absolute Gasteiger partial charge is 0.326 e. The number of benzene rings is 2. The first-order valence-electron chi connectivity index (χ1n) is 7.79. The number of hydrogen-bond donors (Lipinski definition) is 1. The molecule has 2 amide bonds. The molecule has 1 N–H and O–H groups in total. The number of ketones is 2. The van der Waals surface area contributed by atoms with Crippen molar-refractivity contribution < 1.29 is 19.2 Å². The number of nitrogens with zero attached hydrogens (tertiary/aromatic N) is 1. The summed E-state index contributed by atoms with van der Waals surface area (Å²) in [5.74, 6) is -1.79. The number of rotatable bonds is 4. The van der Waals surface area contributed by atoms with Gasteiger partial charge >= 0.3 is 0 Å². The highest BCUT2D eigenvalue weighted by Gasteiger charge is 2.40. The fourth-order valence-electron chi connectivity index (χ4n) is 2.87. The Morgan fingerprint density at radius 1 is 1.00 bits per heavy atom. The standard InChI is InChI=1S/C19H16N2O4/c1-11(17(23)13-7-9-14(10-8-13)20-12(2)22)21-16-6-4-3-5-15(16)18(24)19(21)25/h3-11H,1-2H3,(H,20,22). The Labute approximate surface area is 144 Å². The highest BCUT2D eigenvalue weighted by molar-refractivity contribution is 6.53. The molecular formula is C19H16N2O4. The number of para-hydroxylation sites is 1. The molecule has 0 saturated heterocycles. The zero-order chi connectivity index (χ0) is 18.1. The highest BCUT2D eigenvalue weighted by Crippen LogP contribution is 2.31. The smallest absolute Gasteiger partial charge is 0.300 e. The molecule has 0 fully saturated rings. The Balaban J connectivity index is 1.87. The quantitative estimate of drug-likeness (QED) is 0.686. The predicted octanol–water partition coefficient (Wildman–Crippen LogP) is 2.45. The van der Waals surface area contributed by atoms with Crippen molar-refractivity contribution in [2.45, 2.75) is 19.9 Å². The van der Waals surface area contributed by atoms with Crippen LogP contribution in [0.3, 0.4) is 0 Å². The van der Waals surface area contributed by atoms with Crippen LogP contribution in [0.4, 0.5) is 11.4 Å². The number of Topliss-reactive ketones (excluding diaryl/α,β-unsaturated/α-hetero) is 2. The van der Waals surface area contributed by atoms with E-state index in [1.807, 2.05) is 0 Å². The minimum absolute atomic E-state index is 0.203. The van der Waals surface area contributed by atoms with E-state index in [4.69, 9.17) is 0 Å². The molecular weight excluding hydrogens is 320 g/mol. The van der Waals surface area contributed by atoms with Gasteiger partial charge in [-0.1, -0.05) is 12.1 Å². The van der Waals surface area contributed by atoms with Crippen LogP contribution >= 0.6 is 0 Å². The molecule has 0 radical (unpaired) electrons. The number of fused-ring (bicyclic) bond motifs is 1. The lowest BCUT2D eigenvalue weighted by Crippen LogP contribution is -2.42. The molecule has 0 bridgehead atoms. The second-order valence-electron chi connectivity index (χ2n) is 5.82. The van der Waals surface area contributed by atoms with Crippen molar-refractivity contribution in [3.8, 4) is 0 Å². The van der Waals surface area contributed by atoms with Crippen LogP contribution in [0, 0.1) is 0 Å². The summed E-state index contributed by atoms with van der Waals surface area (Å²) in [6.45, 7) is 2.99. The summed E-state index contributed by atoms with van der Waals surface area (Å²) in [5, 5.41) is 2.62. The van der Waals surface area contributed by atoms with E-state index in [9.17, 15) is 19.2 Å². The van der Waals surface area contributed by atoms with E-state index in [0.717, 1.165) is 0 Å². The zero-order valence-electron chi connectivity index (χ0n) is 13.8. The third kappa shape index (κ3) is 2.94. The monoisotopic (exact) mass is 336 g/mol. The normalized spacial score (nSPS) is 14.2. The fourth-order valence-corrected chi connectivity index (χ4v) is 2.87. The third-order valence-electron chi connectivity index (χ3n) is 4.08. The molecule has 1 aliphatic heterocycles. The maximum absolute atomic E-state index is 12.7. The molecule has 0 saturated carbocycles. The van der Waals surface area contributed by atoms with Crippen molar-refractivity contribution in [2.75, 3.05) is 10.2 Å². The highest BCUT2D eigenvalue weighted by atomic mass is 16.2. The maximum Gasteiger partial charge on any atom is 0.300 e. The molecule has 6 heteroatoms. The van der Waals surface area contributed by atoms with E-state index >= 15 is 0 Å². The summed E-state index contributed by atoms with van der Waals surface area (Å²) in [5.41, 5.74) is 1.74. The second-order valence-corrected chi connectivity index (χ2v) is 5.82. The molecule has 126 valence electrons. The summed E-state index contributed by atoms with van der Waals surface area (Å²) in [6.07, 6.45) is 0. The number of nitrogens with one attached hydrogen (secondary N) is 1. The van der Waals surface area contributed by atoms with Crippen molar-refractivity contribution >= 4 is 34.8 Å². The van der Waals surface area contributed by atoms with Gasteiger partial charge in [-0.05, 0) is 43.3 Å². The van der Waals surface area contributed by atoms with Crippen LogP contribution in [0.5, 0.6) is 0 Å². The van der Waals surface area contributed by atoms with E-state index in [1.54, 1.807) is 55.5 Å². The summed E-state index contributed by atoms with van der Waals surface area (Å²) in [6, 6.07) is 12.2. The molecule has 6 nitrogen and oxygen atoms in total. The number of amides is 2. The Kier molecular flexibility index (Phi) is 4.19. The van der Waals surface area contributed by atoms with Crippen molar-refractivity contribution in [3.05, 3.63) is 59.7 Å². The van der Waals surface area contributed by atoms with Crippen LogP contribution in [0.2, 0.25) is 0 Å². The first-order chi connectivity index (χ1) is 11.9. The maximum atomic E-state index is 12.7. The Morgan fingerprint density at radius 2 is 1.64 bits per heavy atom. The molecule has 1 atom stereocenters. The first kappa shape index (κ1) is 16.6. The van der Waals surface area contributed by atoms with Crippen LogP contribution in [-0.4, -0.2) is 29.4 Å². The van der Waals surface area contributed by atoms with Crippen LogP contribution in [0.1, 0.15) is 34.6 Å². The molecule has 0 spiro atoms. The average molecular weight is 336 g/mol. The number of carbonyl (C=O) groups excluding carboxylic acids is 4. The molecule has 1 unspecified atom stereocenters. The van der Waals surface area contributed by atoms with E-state index in [-0.39, 0.29) is 11.7 Å². The minimum atomic E-state index is -0.813. The third-order valence-corrected chi connectivity index (χ3v) is 4.08. The van der Waals surface area contributed by atoms with Gasteiger partial charge in [0.05, 0.1) is 17.3 Å². The van der Waals surface area contributed by atoms with Crippen molar-refractivity contribution in [3.63, 3.8) is 0 Å². The van der Waals surface area contributed by atoms with E-state index in [1.165, 1.54) is 11.8 Å². The molecule has 0 aromatic heterocycles. The van der Waals surface area contributed by atoms with Gasteiger partial charge in [-0.3, -0.25) is 24.1 Å². The molecule has 2 aromatic carbocycles. The van der Waals surface area contributed by atoms with Crippen LogP contribution < -0.4 is 10.2 Å². The van der Waals surface area contributed by atoms with Gasteiger partial charge in [0.1, 0.15) is 0 Å². The van der Waals surface area contributed by atoms with Gasteiger partial charge in [0, 0.05) is 18.2 Å². The number of carbonyl (C=O) groups is 4. The van der Waals surface area contributed by atoms with E-state index < -0.39 is 17.7 Å². The Hall–Kier alpha value is -3.28. The second kappa shape index (κ2) is 6.32. The molecule has 2 aromatic rings. The molecule has 1 heterocycles. The molecule has 0 aliphatic carbocycles. The summed E-state index contributed by atoms with van der Waals surface area (Å²) in [4.78, 5) is 49.4. The Bertz CT molecular complexity index is 887. The van der Waals surface area contributed by atoms with Gasteiger partial charge in [-0.25, -0.2) is 0 Å². The minimum Gasteiger partial charge on any atom is -0.326 e.